The minimum atomic E-state index is -0.671. The molecular weight excluding hydrogens is 496 g/mol. The normalized spacial score (nSPS) is 12.4. The van der Waals surface area contributed by atoms with Gasteiger partial charge < -0.3 is 15.2 Å². The molecule has 2 unspecified atom stereocenters. The summed E-state index contributed by atoms with van der Waals surface area (Å²) in [5, 5.41) is 22.4. The summed E-state index contributed by atoms with van der Waals surface area (Å²) in [5.74, 6) is -0.637. The molecule has 0 bridgehead atoms. The maximum absolute atomic E-state index is 11.8. The molecule has 2 N–H and O–H groups in total. The SMILES string of the molecule is CCCCCCCCCc1ccc(C(Sc2cccc(NC(=O)CC#N)c2)C(O)CCCC(=O)OC)cc1. The van der Waals surface area contributed by atoms with Crippen LogP contribution in [0.3, 0.4) is 0 Å². The molecular formula is C31H42N2O4S. The number of carbonyl (C=O) groups is 2. The number of aliphatic hydroxyl groups is 1. The van der Waals surface area contributed by atoms with Gasteiger partial charge in [0.05, 0.1) is 24.5 Å². The highest BCUT2D eigenvalue weighted by Crippen LogP contribution is 2.40. The summed E-state index contributed by atoms with van der Waals surface area (Å²) >= 11 is 1.52. The van der Waals surface area contributed by atoms with Crippen molar-refractivity contribution in [3.05, 3.63) is 59.7 Å². The van der Waals surface area contributed by atoms with Crippen molar-refractivity contribution in [1.82, 2.24) is 0 Å². The average Bonchev–Trinajstić information content (AvgIpc) is 2.91. The van der Waals surface area contributed by atoms with Gasteiger partial charge in [-0.1, -0.05) is 75.8 Å². The van der Waals surface area contributed by atoms with E-state index in [0.717, 1.165) is 16.9 Å². The summed E-state index contributed by atoms with van der Waals surface area (Å²) < 4.78 is 4.73. The Balaban J connectivity index is 2.07. The molecule has 206 valence electrons. The number of hydrogen-bond acceptors (Lipinski definition) is 6. The molecule has 7 heteroatoms. The van der Waals surface area contributed by atoms with Crippen molar-refractivity contribution in [2.75, 3.05) is 12.4 Å². The fourth-order valence-electron chi connectivity index (χ4n) is 4.31. The number of ether oxygens (including phenoxy) is 1. The van der Waals surface area contributed by atoms with Crippen molar-refractivity contribution in [2.45, 2.75) is 100 Å². The first kappa shape index (κ1) is 31.4. The lowest BCUT2D eigenvalue weighted by molar-refractivity contribution is -0.140. The molecule has 1 amide bonds. The standard InChI is InChI=1S/C31H42N2O4S/c1-3-4-5-6-7-8-9-12-24-17-19-25(20-18-24)31(28(34)15-11-16-30(36)37-2)38-27-14-10-13-26(23-27)33-29(35)21-22-32/h10,13-14,17-20,23,28,31,34H,3-9,11-12,15-16,21H2,1-2H3,(H,33,35). The average molecular weight is 539 g/mol. The van der Waals surface area contributed by atoms with E-state index in [9.17, 15) is 14.7 Å². The van der Waals surface area contributed by atoms with Gasteiger partial charge in [-0.05, 0) is 55.0 Å². The second kappa shape index (κ2) is 18.4. The molecule has 0 aliphatic heterocycles. The second-order valence-electron chi connectivity index (χ2n) is 9.60. The van der Waals surface area contributed by atoms with E-state index in [1.807, 2.05) is 24.3 Å². The number of nitrogens with one attached hydrogen (secondary N) is 1. The molecule has 6 nitrogen and oxygen atoms in total. The molecule has 0 aliphatic rings. The number of aliphatic hydroxyl groups excluding tert-OH is 1. The van der Waals surface area contributed by atoms with Crippen LogP contribution in [0, 0.1) is 11.3 Å². The van der Waals surface area contributed by atoms with Crippen LogP contribution < -0.4 is 5.32 Å². The first-order valence-electron chi connectivity index (χ1n) is 13.7. The Bertz CT molecular complexity index is 1020. The predicted molar refractivity (Wildman–Crippen MR) is 154 cm³/mol. The van der Waals surface area contributed by atoms with Gasteiger partial charge in [-0.15, -0.1) is 11.8 Å². The van der Waals surface area contributed by atoms with E-state index >= 15 is 0 Å². The van der Waals surface area contributed by atoms with Gasteiger partial charge in [0.2, 0.25) is 5.91 Å². The summed E-state index contributed by atoms with van der Waals surface area (Å²) in [6.45, 7) is 2.24. The van der Waals surface area contributed by atoms with E-state index in [1.54, 1.807) is 6.07 Å². The van der Waals surface area contributed by atoms with Gasteiger partial charge in [-0.2, -0.15) is 5.26 Å². The molecule has 0 aromatic heterocycles. The molecule has 2 aromatic rings. The Labute approximate surface area is 232 Å². The van der Waals surface area contributed by atoms with Crippen molar-refractivity contribution in [2.24, 2.45) is 0 Å². The fraction of sp³-hybridized carbons (Fsp3) is 0.516. The lowest BCUT2D eigenvalue weighted by Gasteiger charge is -2.24. The molecule has 2 atom stereocenters. The van der Waals surface area contributed by atoms with Crippen molar-refractivity contribution in [1.29, 1.82) is 5.26 Å². The van der Waals surface area contributed by atoms with Crippen LogP contribution in [0.1, 0.15) is 93.9 Å². The maximum atomic E-state index is 11.8. The molecule has 2 aromatic carbocycles. The second-order valence-corrected chi connectivity index (χ2v) is 10.8. The third-order valence-corrected chi connectivity index (χ3v) is 7.82. The number of carbonyl (C=O) groups excluding carboxylic acids is 2. The Morgan fingerprint density at radius 2 is 1.74 bits per heavy atom. The minimum absolute atomic E-state index is 0.204. The van der Waals surface area contributed by atoms with Crippen LogP contribution in [0.15, 0.2) is 53.4 Å². The number of nitrogens with zero attached hydrogens (tertiary/aromatic N) is 1. The summed E-state index contributed by atoms with van der Waals surface area (Å²) in [5.41, 5.74) is 2.93. The van der Waals surface area contributed by atoms with Crippen molar-refractivity contribution >= 4 is 29.3 Å². The number of anilines is 1. The number of aryl methyl sites for hydroxylation is 1. The number of benzene rings is 2. The van der Waals surface area contributed by atoms with Gasteiger partial charge in [0, 0.05) is 17.0 Å². The topological polar surface area (TPSA) is 99.4 Å². The molecule has 2 rings (SSSR count). The zero-order valence-corrected chi connectivity index (χ0v) is 23.6. The van der Waals surface area contributed by atoms with Gasteiger partial charge in [0.1, 0.15) is 6.42 Å². The number of thioether (sulfide) groups is 1. The van der Waals surface area contributed by atoms with Crippen LogP contribution in [0.2, 0.25) is 0 Å². The predicted octanol–water partition coefficient (Wildman–Crippen LogP) is 7.37. The zero-order chi connectivity index (χ0) is 27.6. The number of hydrogen-bond donors (Lipinski definition) is 2. The Morgan fingerprint density at radius 1 is 1.03 bits per heavy atom. The van der Waals surface area contributed by atoms with Crippen LogP contribution in [0.5, 0.6) is 0 Å². The first-order chi connectivity index (χ1) is 18.5. The van der Waals surface area contributed by atoms with Crippen molar-refractivity contribution in [3.8, 4) is 6.07 Å². The molecule has 0 spiro atoms. The van der Waals surface area contributed by atoms with Gasteiger partial charge in [-0.25, -0.2) is 0 Å². The first-order valence-corrected chi connectivity index (χ1v) is 14.6. The largest absolute Gasteiger partial charge is 0.469 e. The third-order valence-electron chi connectivity index (χ3n) is 6.46. The smallest absolute Gasteiger partial charge is 0.305 e. The van der Waals surface area contributed by atoms with Crippen LogP contribution >= 0.6 is 11.8 Å². The third kappa shape index (κ3) is 12.1. The van der Waals surface area contributed by atoms with Gasteiger partial charge in [-0.3, -0.25) is 9.59 Å². The number of amides is 1. The van der Waals surface area contributed by atoms with Gasteiger partial charge >= 0.3 is 5.97 Å². The van der Waals surface area contributed by atoms with Crippen molar-refractivity contribution in [3.63, 3.8) is 0 Å². The van der Waals surface area contributed by atoms with Crippen LogP contribution in [-0.4, -0.2) is 30.2 Å². The lowest BCUT2D eigenvalue weighted by Crippen LogP contribution is -2.17. The monoisotopic (exact) mass is 538 g/mol. The quantitative estimate of drug-likeness (QED) is 0.117. The van der Waals surface area contributed by atoms with E-state index in [-0.39, 0.29) is 30.0 Å². The molecule has 38 heavy (non-hydrogen) atoms. The molecule has 0 fully saturated rings. The Hall–Kier alpha value is -2.82. The van der Waals surface area contributed by atoms with E-state index in [4.69, 9.17) is 10.00 Å². The highest BCUT2D eigenvalue weighted by molar-refractivity contribution is 7.99. The Morgan fingerprint density at radius 3 is 2.42 bits per heavy atom. The van der Waals surface area contributed by atoms with Crippen LogP contribution in [-0.2, 0) is 20.7 Å². The number of nitriles is 1. The zero-order valence-electron chi connectivity index (χ0n) is 22.8. The highest BCUT2D eigenvalue weighted by atomic mass is 32.2. The maximum Gasteiger partial charge on any atom is 0.305 e. The molecule has 0 radical (unpaired) electrons. The van der Waals surface area contributed by atoms with Crippen molar-refractivity contribution < 1.29 is 19.4 Å². The number of methoxy groups -OCH3 is 1. The summed E-state index contributed by atoms with van der Waals surface area (Å²) in [6, 6.07) is 17.8. The molecule has 0 saturated heterocycles. The summed E-state index contributed by atoms with van der Waals surface area (Å²) in [4.78, 5) is 24.3. The molecule has 0 saturated carbocycles. The van der Waals surface area contributed by atoms with Crippen LogP contribution in [0.25, 0.3) is 0 Å². The molecule has 0 aliphatic carbocycles. The lowest BCUT2D eigenvalue weighted by atomic mass is 9.99. The van der Waals surface area contributed by atoms with E-state index in [2.05, 4.69) is 36.5 Å². The fourth-order valence-corrected chi connectivity index (χ4v) is 5.54. The van der Waals surface area contributed by atoms with E-state index in [0.29, 0.717) is 18.5 Å². The van der Waals surface area contributed by atoms with Gasteiger partial charge in [0.25, 0.3) is 0 Å². The van der Waals surface area contributed by atoms with Gasteiger partial charge in [0.15, 0.2) is 0 Å². The number of rotatable bonds is 18. The van der Waals surface area contributed by atoms with Crippen LogP contribution in [0.4, 0.5) is 5.69 Å². The number of unbranched alkanes of at least 4 members (excludes halogenated alkanes) is 6. The Kier molecular flexibility index (Phi) is 15.2. The minimum Gasteiger partial charge on any atom is -0.469 e. The van der Waals surface area contributed by atoms with E-state index < -0.39 is 6.10 Å². The van der Waals surface area contributed by atoms with E-state index in [1.165, 1.54) is 69.4 Å². The highest BCUT2D eigenvalue weighted by Gasteiger charge is 2.23. The summed E-state index contributed by atoms with van der Waals surface area (Å²) in [7, 11) is 1.37. The number of esters is 1. The summed E-state index contributed by atoms with van der Waals surface area (Å²) in [6.07, 6.45) is 10.4. The molecule has 0 heterocycles.